The number of hydrogen-bond donors (Lipinski definition) is 1. The van der Waals surface area contributed by atoms with Gasteiger partial charge in [0.1, 0.15) is 0 Å². The van der Waals surface area contributed by atoms with E-state index in [0.717, 1.165) is 37.6 Å². The first-order chi connectivity index (χ1) is 10.0. The summed E-state index contributed by atoms with van der Waals surface area (Å²) in [5, 5.41) is 4.36. The topological polar surface area (TPSA) is 41.4 Å². The second kappa shape index (κ2) is 7.31. The Hall–Kier alpha value is -1.01. The first-order valence-electron chi connectivity index (χ1n) is 7.62. The number of thiol groups is 1. The number of piperazine rings is 1. The van der Waals surface area contributed by atoms with Crippen molar-refractivity contribution in [3.05, 3.63) is 22.6 Å². The van der Waals surface area contributed by atoms with E-state index in [1.54, 1.807) is 10.7 Å². The molecule has 1 atom stereocenters. The second-order valence-electron chi connectivity index (χ2n) is 6.21. The normalized spacial score (nSPS) is 18.2. The van der Waals surface area contributed by atoms with Gasteiger partial charge >= 0.3 is 0 Å². The van der Waals surface area contributed by atoms with E-state index in [1.807, 2.05) is 6.20 Å². The molecular formula is C15H26N4OS. The van der Waals surface area contributed by atoms with Gasteiger partial charge in [0.15, 0.2) is 0 Å². The minimum Gasteiger partial charge on any atom is -0.368 e. The van der Waals surface area contributed by atoms with Crippen molar-refractivity contribution >= 4 is 18.3 Å². The Bertz CT molecular complexity index is 509. The summed E-state index contributed by atoms with van der Waals surface area (Å²) in [4.78, 5) is 16.8. The molecule has 2 rings (SSSR count). The number of nitrogens with zero attached hydrogens (tertiary/aromatic N) is 4. The van der Waals surface area contributed by atoms with Gasteiger partial charge in [-0.1, -0.05) is 13.8 Å². The molecule has 21 heavy (non-hydrogen) atoms. The van der Waals surface area contributed by atoms with Gasteiger partial charge < -0.3 is 9.80 Å². The van der Waals surface area contributed by atoms with Crippen LogP contribution in [0.25, 0.3) is 0 Å². The maximum absolute atomic E-state index is 12.3. The highest BCUT2D eigenvalue weighted by Gasteiger charge is 2.17. The number of hydrogen-bond acceptors (Lipinski definition) is 5. The van der Waals surface area contributed by atoms with Crippen molar-refractivity contribution in [2.75, 3.05) is 43.9 Å². The molecule has 0 amide bonds. The molecule has 6 heteroatoms. The van der Waals surface area contributed by atoms with Gasteiger partial charge in [-0.25, -0.2) is 4.68 Å². The highest BCUT2D eigenvalue weighted by molar-refractivity contribution is 7.80. The van der Waals surface area contributed by atoms with Gasteiger partial charge in [-0.15, -0.1) is 0 Å². The van der Waals surface area contributed by atoms with Crippen LogP contribution in [0.2, 0.25) is 0 Å². The highest BCUT2D eigenvalue weighted by Crippen LogP contribution is 2.15. The van der Waals surface area contributed by atoms with Crippen molar-refractivity contribution in [3.8, 4) is 0 Å². The first kappa shape index (κ1) is 16.4. The first-order valence-corrected chi connectivity index (χ1v) is 8.26. The number of rotatable bonds is 5. The SMILES string of the molecule is CC(C)C(CS)Cn1ncc(N2CCN(C)CC2)cc1=O. The largest absolute Gasteiger partial charge is 0.368 e. The molecule has 1 unspecified atom stereocenters. The fourth-order valence-electron chi connectivity index (χ4n) is 2.50. The van der Waals surface area contributed by atoms with Crippen LogP contribution in [-0.2, 0) is 6.54 Å². The van der Waals surface area contributed by atoms with Gasteiger partial charge in [-0.05, 0) is 24.6 Å². The molecule has 1 fully saturated rings. The Morgan fingerprint density at radius 3 is 2.48 bits per heavy atom. The molecule has 0 saturated carbocycles. The van der Waals surface area contributed by atoms with Crippen molar-refractivity contribution < 1.29 is 0 Å². The molecule has 118 valence electrons. The lowest BCUT2D eigenvalue weighted by Gasteiger charge is -2.33. The maximum Gasteiger partial charge on any atom is 0.268 e. The van der Waals surface area contributed by atoms with E-state index in [4.69, 9.17) is 0 Å². The summed E-state index contributed by atoms with van der Waals surface area (Å²) in [6.07, 6.45) is 1.82. The Morgan fingerprint density at radius 1 is 1.29 bits per heavy atom. The van der Waals surface area contributed by atoms with Crippen LogP contribution in [0.4, 0.5) is 5.69 Å². The molecule has 2 heterocycles. The van der Waals surface area contributed by atoms with E-state index in [9.17, 15) is 4.79 Å². The molecule has 0 aromatic carbocycles. The van der Waals surface area contributed by atoms with Crippen molar-refractivity contribution in [2.45, 2.75) is 20.4 Å². The summed E-state index contributed by atoms with van der Waals surface area (Å²) in [6.45, 7) is 8.91. The van der Waals surface area contributed by atoms with E-state index >= 15 is 0 Å². The van der Waals surface area contributed by atoms with E-state index in [0.29, 0.717) is 18.4 Å². The molecule has 0 spiro atoms. The summed E-state index contributed by atoms with van der Waals surface area (Å²) in [7, 11) is 2.12. The molecule has 0 bridgehead atoms. The van der Waals surface area contributed by atoms with Crippen LogP contribution in [0, 0.1) is 11.8 Å². The molecular weight excluding hydrogens is 284 g/mol. The molecule has 1 aliphatic rings. The second-order valence-corrected chi connectivity index (χ2v) is 6.58. The summed E-state index contributed by atoms with van der Waals surface area (Å²) in [6, 6.07) is 1.72. The van der Waals surface area contributed by atoms with Crippen LogP contribution >= 0.6 is 12.6 Å². The average molecular weight is 310 g/mol. The zero-order valence-corrected chi connectivity index (χ0v) is 14.1. The van der Waals surface area contributed by atoms with Gasteiger partial charge in [-0.2, -0.15) is 17.7 Å². The van der Waals surface area contributed by atoms with Gasteiger partial charge in [0.2, 0.25) is 0 Å². The van der Waals surface area contributed by atoms with Crippen molar-refractivity contribution in [3.63, 3.8) is 0 Å². The zero-order chi connectivity index (χ0) is 15.4. The Balaban J connectivity index is 2.09. The Morgan fingerprint density at radius 2 is 1.95 bits per heavy atom. The standard InChI is InChI=1S/C15H26N4OS/c1-12(2)13(11-21)10-19-15(20)8-14(9-16-19)18-6-4-17(3)5-7-18/h8-9,12-13,21H,4-7,10-11H2,1-3H3. The van der Waals surface area contributed by atoms with Crippen LogP contribution in [0.15, 0.2) is 17.1 Å². The summed E-state index contributed by atoms with van der Waals surface area (Å²) < 4.78 is 1.57. The predicted molar refractivity (Wildman–Crippen MR) is 90.4 cm³/mol. The summed E-state index contributed by atoms with van der Waals surface area (Å²) >= 11 is 4.38. The van der Waals surface area contributed by atoms with E-state index in [1.165, 1.54) is 0 Å². The average Bonchev–Trinajstić information content (AvgIpc) is 2.46. The van der Waals surface area contributed by atoms with Crippen molar-refractivity contribution in [1.82, 2.24) is 14.7 Å². The van der Waals surface area contributed by atoms with E-state index < -0.39 is 0 Å². The van der Waals surface area contributed by atoms with Crippen molar-refractivity contribution in [1.29, 1.82) is 0 Å². The third-order valence-electron chi connectivity index (χ3n) is 4.31. The molecule has 1 aliphatic heterocycles. The fourth-order valence-corrected chi connectivity index (χ4v) is 3.04. The molecule has 1 aromatic heterocycles. The quantitative estimate of drug-likeness (QED) is 0.830. The van der Waals surface area contributed by atoms with Gasteiger partial charge in [-0.3, -0.25) is 4.79 Å². The number of aromatic nitrogens is 2. The molecule has 1 saturated heterocycles. The summed E-state index contributed by atoms with van der Waals surface area (Å²) in [5.41, 5.74) is 0.926. The van der Waals surface area contributed by atoms with Gasteiger partial charge in [0, 0.05) is 38.8 Å². The molecule has 0 radical (unpaired) electrons. The van der Waals surface area contributed by atoms with Crippen LogP contribution in [0.5, 0.6) is 0 Å². The number of likely N-dealkylation sites (N-methyl/N-ethyl adjacent to an activating group) is 1. The smallest absolute Gasteiger partial charge is 0.268 e. The van der Waals surface area contributed by atoms with Crippen LogP contribution < -0.4 is 10.5 Å². The van der Waals surface area contributed by atoms with E-state index in [-0.39, 0.29) is 5.56 Å². The minimum atomic E-state index is -0.0149. The predicted octanol–water partition coefficient (Wildman–Crippen LogP) is 1.20. The lowest BCUT2D eigenvalue weighted by atomic mass is 9.98. The maximum atomic E-state index is 12.3. The Labute approximate surface area is 132 Å². The molecule has 5 nitrogen and oxygen atoms in total. The van der Waals surface area contributed by atoms with Crippen LogP contribution in [-0.4, -0.2) is 53.7 Å². The lowest BCUT2D eigenvalue weighted by Crippen LogP contribution is -2.45. The number of anilines is 1. The monoisotopic (exact) mass is 310 g/mol. The molecule has 0 N–H and O–H groups in total. The van der Waals surface area contributed by atoms with Crippen LogP contribution in [0.1, 0.15) is 13.8 Å². The van der Waals surface area contributed by atoms with Gasteiger partial charge in [0.25, 0.3) is 5.56 Å². The van der Waals surface area contributed by atoms with Gasteiger partial charge in [0.05, 0.1) is 11.9 Å². The third-order valence-corrected chi connectivity index (χ3v) is 4.78. The summed E-state index contributed by atoms with van der Waals surface area (Å²) in [5.74, 6) is 1.63. The third kappa shape index (κ3) is 4.23. The van der Waals surface area contributed by atoms with Crippen molar-refractivity contribution in [2.24, 2.45) is 11.8 Å². The lowest BCUT2D eigenvalue weighted by molar-refractivity contribution is 0.312. The fraction of sp³-hybridized carbons (Fsp3) is 0.733. The zero-order valence-electron chi connectivity index (χ0n) is 13.2. The highest BCUT2D eigenvalue weighted by atomic mass is 32.1. The molecule has 1 aromatic rings. The molecule has 0 aliphatic carbocycles. The van der Waals surface area contributed by atoms with E-state index in [2.05, 4.69) is 48.4 Å². The minimum absolute atomic E-state index is 0.0149. The van der Waals surface area contributed by atoms with Crippen LogP contribution in [0.3, 0.4) is 0 Å². The Kier molecular flexibility index (Phi) is 5.70.